The number of morpholine rings is 1. The molecular weight excluding hydrogens is 496 g/mol. The van der Waals surface area contributed by atoms with Gasteiger partial charge in [-0.25, -0.2) is 0 Å². The highest BCUT2D eigenvalue weighted by molar-refractivity contribution is 6.19. The van der Waals surface area contributed by atoms with Crippen LogP contribution in [0.5, 0.6) is 11.5 Å². The Labute approximate surface area is 217 Å². The molecule has 3 N–H and O–H groups in total. The van der Waals surface area contributed by atoms with Crippen molar-refractivity contribution in [2.75, 3.05) is 50.2 Å². The molecule has 0 radical (unpaired) electrons. The van der Waals surface area contributed by atoms with Gasteiger partial charge in [0.2, 0.25) is 0 Å². The van der Waals surface area contributed by atoms with Crippen molar-refractivity contribution in [3.05, 3.63) is 53.3 Å². The predicted octanol–water partition coefficient (Wildman–Crippen LogP) is 4.21. The third-order valence-electron chi connectivity index (χ3n) is 7.11. The van der Waals surface area contributed by atoms with Crippen LogP contribution in [0, 0.1) is 0 Å². The fourth-order valence-electron chi connectivity index (χ4n) is 5.35. The van der Waals surface area contributed by atoms with E-state index in [2.05, 4.69) is 9.97 Å². The number of ether oxygens (including phenoxy) is 2. The van der Waals surface area contributed by atoms with Crippen LogP contribution in [0.4, 0.5) is 5.69 Å². The number of benzene rings is 2. The highest BCUT2D eigenvalue weighted by Gasteiger charge is 2.36. The Bertz CT molecular complexity index is 1520. The van der Waals surface area contributed by atoms with Crippen molar-refractivity contribution in [3.8, 4) is 11.5 Å². The molecule has 0 saturated carbocycles. The molecule has 0 spiro atoms. The van der Waals surface area contributed by atoms with Gasteiger partial charge >= 0.3 is 0 Å². The van der Waals surface area contributed by atoms with E-state index in [1.165, 1.54) is 0 Å². The molecule has 2 amide bonds. The SMILES string of the molecule is CCOc1ccc2[nH]c(C(=O)N3C[C@@H](CCl)c4c3cc(O)c3[nH]c(C(=O)N5CCOCC5)cc43)cc2c1. The number of phenols is 1. The second-order valence-corrected chi connectivity index (χ2v) is 9.65. The van der Waals surface area contributed by atoms with Gasteiger partial charge in [-0.05, 0) is 42.8 Å². The number of nitrogens with zero attached hydrogens (tertiary/aromatic N) is 2. The van der Waals surface area contributed by atoms with Crippen LogP contribution in [-0.2, 0) is 4.74 Å². The Hall–Kier alpha value is -3.69. The summed E-state index contributed by atoms with van der Waals surface area (Å²) in [5, 5.41) is 12.5. The average molecular weight is 523 g/mol. The van der Waals surface area contributed by atoms with E-state index in [4.69, 9.17) is 21.1 Å². The Morgan fingerprint density at radius 1 is 1.11 bits per heavy atom. The molecule has 1 atom stereocenters. The van der Waals surface area contributed by atoms with E-state index in [1.807, 2.05) is 31.2 Å². The second kappa shape index (κ2) is 9.32. The quantitative estimate of drug-likeness (QED) is 0.340. The molecule has 192 valence electrons. The molecule has 10 heteroatoms. The number of H-pyrrole nitrogens is 2. The maximum atomic E-state index is 13.7. The van der Waals surface area contributed by atoms with Gasteiger partial charge in [0.15, 0.2) is 0 Å². The molecule has 2 aliphatic heterocycles. The summed E-state index contributed by atoms with van der Waals surface area (Å²) in [6.07, 6.45) is 0. The van der Waals surface area contributed by atoms with Crippen molar-refractivity contribution >= 4 is 50.9 Å². The first-order valence-electron chi connectivity index (χ1n) is 12.4. The van der Waals surface area contributed by atoms with Gasteiger partial charge in [0.1, 0.15) is 22.9 Å². The van der Waals surface area contributed by atoms with Crippen molar-refractivity contribution in [1.82, 2.24) is 14.9 Å². The van der Waals surface area contributed by atoms with Gasteiger partial charge in [0.05, 0.1) is 31.0 Å². The van der Waals surface area contributed by atoms with Gasteiger partial charge in [-0.15, -0.1) is 11.6 Å². The summed E-state index contributed by atoms with van der Waals surface area (Å²) in [5.74, 6) is 0.482. The minimum Gasteiger partial charge on any atom is -0.506 e. The summed E-state index contributed by atoms with van der Waals surface area (Å²) in [7, 11) is 0. The largest absolute Gasteiger partial charge is 0.506 e. The maximum absolute atomic E-state index is 13.7. The van der Waals surface area contributed by atoms with Crippen LogP contribution in [0.2, 0.25) is 0 Å². The number of halogens is 1. The molecule has 6 rings (SSSR count). The highest BCUT2D eigenvalue weighted by atomic mass is 35.5. The molecule has 9 nitrogen and oxygen atoms in total. The second-order valence-electron chi connectivity index (χ2n) is 9.34. The first-order chi connectivity index (χ1) is 18.0. The topological polar surface area (TPSA) is 111 Å². The average Bonchev–Trinajstić information content (AvgIpc) is 3.63. The number of rotatable bonds is 5. The number of hydrogen-bond acceptors (Lipinski definition) is 5. The van der Waals surface area contributed by atoms with Gasteiger partial charge < -0.3 is 34.3 Å². The van der Waals surface area contributed by atoms with Crippen molar-refractivity contribution in [2.45, 2.75) is 12.8 Å². The summed E-state index contributed by atoms with van der Waals surface area (Å²) in [4.78, 5) is 36.4. The van der Waals surface area contributed by atoms with E-state index < -0.39 is 0 Å². The summed E-state index contributed by atoms with van der Waals surface area (Å²) in [5.41, 5.74) is 3.56. The fraction of sp³-hybridized carbons (Fsp3) is 0.333. The molecule has 2 aromatic carbocycles. The minimum atomic E-state index is -0.220. The number of aromatic amines is 2. The number of fused-ring (bicyclic) bond motifs is 4. The van der Waals surface area contributed by atoms with Crippen LogP contribution in [-0.4, -0.2) is 77.1 Å². The third-order valence-corrected chi connectivity index (χ3v) is 7.48. The first kappa shape index (κ1) is 23.7. The lowest BCUT2D eigenvalue weighted by Crippen LogP contribution is -2.40. The minimum absolute atomic E-state index is 0.0270. The predicted molar refractivity (Wildman–Crippen MR) is 141 cm³/mol. The lowest BCUT2D eigenvalue weighted by atomic mass is 9.98. The fourth-order valence-corrected chi connectivity index (χ4v) is 5.60. The molecule has 2 aliphatic rings. The molecular formula is C27H27ClN4O5. The monoisotopic (exact) mass is 522 g/mol. The van der Waals surface area contributed by atoms with Crippen LogP contribution in [0.15, 0.2) is 36.4 Å². The summed E-state index contributed by atoms with van der Waals surface area (Å²) < 4.78 is 10.9. The van der Waals surface area contributed by atoms with Crippen LogP contribution in [0.1, 0.15) is 39.4 Å². The first-order valence-corrected chi connectivity index (χ1v) is 12.9. The molecule has 0 bridgehead atoms. The number of nitrogens with one attached hydrogen (secondary N) is 2. The van der Waals surface area contributed by atoms with Crippen LogP contribution in [0.25, 0.3) is 21.8 Å². The van der Waals surface area contributed by atoms with Gasteiger partial charge in [0.25, 0.3) is 11.8 Å². The van der Waals surface area contributed by atoms with Crippen molar-refractivity contribution < 1.29 is 24.2 Å². The number of aromatic hydroxyl groups is 1. The number of carbonyl (C=O) groups is 2. The molecule has 2 aromatic heterocycles. The zero-order valence-corrected chi connectivity index (χ0v) is 21.1. The number of carbonyl (C=O) groups excluding carboxylic acids is 2. The number of hydrogen-bond donors (Lipinski definition) is 3. The summed E-state index contributed by atoms with van der Waals surface area (Å²) in [6.45, 7) is 4.88. The Kier molecular flexibility index (Phi) is 5.97. The number of alkyl halides is 1. The summed E-state index contributed by atoms with van der Waals surface area (Å²) in [6, 6.07) is 10.8. The molecule has 1 saturated heterocycles. The van der Waals surface area contributed by atoms with E-state index in [9.17, 15) is 14.7 Å². The Morgan fingerprint density at radius 2 is 1.89 bits per heavy atom. The van der Waals surface area contributed by atoms with E-state index in [0.717, 1.165) is 22.2 Å². The lowest BCUT2D eigenvalue weighted by Gasteiger charge is -2.26. The van der Waals surface area contributed by atoms with E-state index in [1.54, 1.807) is 21.9 Å². The van der Waals surface area contributed by atoms with E-state index in [-0.39, 0.29) is 23.5 Å². The van der Waals surface area contributed by atoms with Gasteiger partial charge in [-0.1, -0.05) is 0 Å². The normalized spacial score (nSPS) is 17.5. The standard InChI is InChI=1S/C27H27ClN4O5/c1-2-37-17-3-4-19-15(9-17)10-20(29-19)27(35)32-14-16(13-28)24-18-11-21(26(34)31-5-7-36-8-6-31)30-25(18)23(33)12-22(24)32/h3-4,9-12,16,29-30,33H,2,5-8,13-14H2,1H3/t16-/m1/s1. The molecule has 1 fully saturated rings. The van der Waals surface area contributed by atoms with Gasteiger partial charge in [-0.3, -0.25) is 9.59 Å². The van der Waals surface area contributed by atoms with E-state index >= 15 is 0 Å². The zero-order valence-electron chi connectivity index (χ0n) is 20.3. The lowest BCUT2D eigenvalue weighted by molar-refractivity contribution is 0.0299. The number of aromatic nitrogens is 2. The third kappa shape index (κ3) is 3.98. The van der Waals surface area contributed by atoms with Crippen LogP contribution >= 0.6 is 11.6 Å². The zero-order chi connectivity index (χ0) is 25.7. The number of phenolic OH excluding ortho intramolecular Hbond substituents is 1. The van der Waals surface area contributed by atoms with Crippen LogP contribution < -0.4 is 9.64 Å². The van der Waals surface area contributed by atoms with Crippen LogP contribution in [0.3, 0.4) is 0 Å². The maximum Gasteiger partial charge on any atom is 0.274 e. The molecule has 0 aliphatic carbocycles. The number of amides is 2. The summed E-state index contributed by atoms with van der Waals surface area (Å²) >= 11 is 6.37. The van der Waals surface area contributed by atoms with Crippen molar-refractivity contribution in [2.24, 2.45) is 0 Å². The van der Waals surface area contributed by atoms with Gasteiger partial charge in [0, 0.05) is 53.8 Å². The smallest absolute Gasteiger partial charge is 0.274 e. The van der Waals surface area contributed by atoms with Gasteiger partial charge in [-0.2, -0.15) is 0 Å². The molecule has 4 aromatic rings. The molecule has 4 heterocycles. The molecule has 0 unspecified atom stereocenters. The Balaban J connectivity index is 1.38. The Morgan fingerprint density at radius 3 is 2.65 bits per heavy atom. The molecule has 37 heavy (non-hydrogen) atoms. The van der Waals surface area contributed by atoms with E-state index in [0.29, 0.717) is 73.3 Å². The van der Waals surface area contributed by atoms with Crippen molar-refractivity contribution in [3.63, 3.8) is 0 Å². The number of anilines is 1. The van der Waals surface area contributed by atoms with Crippen molar-refractivity contribution in [1.29, 1.82) is 0 Å². The highest BCUT2D eigenvalue weighted by Crippen LogP contribution is 2.46.